The number of aromatic nitrogens is 1. The van der Waals surface area contributed by atoms with Crippen LogP contribution in [0.25, 0.3) is 0 Å². The summed E-state index contributed by atoms with van der Waals surface area (Å²) in [6, 6.07) is 13.7. The fraction of sp³-hybridized carbons (Fsp3) is 0.235. The first-order valence-corrected chi connectivity index (χ1v) is 12.2. The predicted molar refractivity (Wildman–Crippen MR) is 108 cm³/mol. The van der Waals surface area contributed by atoms with Gasteiger partial charge in [0.15, 0.2) is 0 Å². The molecule has 1 aliphatic heterocycles. The number of halogens is 3. The molecule has 1 aliphatic rings. The summed E-state index contributed by atoms with van der Waals surface area (Å²) >= 11 is -1.33. The average Bonchev–Trinajstić information content (AvgIpc) is 2.93. The molecule has 1 fully saturated rings. The SMILES string of the molecule is CN1CCN(C)C1=Nc1ccccc1N=Cc1ccccn1.[Cl][Fe]([Cl])[Cl]. The molecule has 1 aromatic heterocycles. The molecule has 0 N–H and O–H groups in total. The zero-order valence-corrected chi connectivity index (χ0v) is 17.7. The van der Waals surface area contributed by atoms with Gasteiger partial charge in [0.2, 0.25) is 5.96 Å². The maximum absolute atomic E-state index is 4.89. The van der Waals surface area contributed by atoms with Crippen molar-refractivity contribution < 1.29 is 11.2 Å². The topological polar surface area (TPSA) is 44.1 Å². The molecule has 0 atom stereocenters. The number of para-hydroxylation sites is 2. The van der Waals surface area contributed by atoms with Crippen LogP contribution in [0.5, 0.6) is 0 Å². The minimum absolute atomic E-state index is 0.833. The van der Waals surface area contributed by atoms with E-state index in [0.717, 1.165) is 36.1 Å². The third-order valence-electron chi connectivity index (χ3n) is 3.58. The Labute approximate surface area is 170 Å². The van der Waals surface area contributed by atoms with Gasteiger partial charge in [0.05, 0.1) is 23.3 Å². The Morgan fingerprint density at radius 2 is 1.54 bits per heavy atom. The number of benzene rings is 1. The van der Waals surface area contributed by atoms with Crippen molar-refractivity contribution in [3.63, 3.8) is 0 Å². The van der Waals surface area contributed by atoms with Crippen molar-refractivity contribution >= 4 is 53.8 Å². The average molecular weight is 456 g/mol. The monoisotopic (exact) mass is 454 g/mol. The molecule has 141 valence electrons. The van der Waals surface area contributed by atoms with Crippen molar-refractivity contribution in [2.75, 3.05) is 27.2 Å². The Kier molecular flexibility index (Phi) is 8.69. The Morgan fingerprint density at radius 3 is 2.12 bits per heavy atom. The van der Waals surface area contributed by atoms with E-state index in [1.165, 1.54) is 0 Å². The Hall–Kier alpha value is -1.30. The number of aliphatic imine (C=N–C) groups is 2. The van der Waals surface area contributed by atoms with Gasteiger partial charge in [-0.3, -0.25) is 9.98 Å². The van der Waals surface area contributed by atoms with Gasteiger partial charge < -0.3 is 9.80 Å². The summed E-state index contributed by atoms with van der Waals surface area (Å²) in [5.74, 6) is 0.973. The second-order valence-electron chi connectivity index (χ2n) is 5.41. The predicted octanol–water partition coefficient (Wildman–Crippen LogP) is 4.76. The van der Waals surface area contributed by atoms with Crippen LogP contribution in [0.2, 0.25) is 0 Å². The van der Waals surface area contributed by atoms with Crippen LogP contribution in [0.1, 0.15) is 5.69 Å². The Morgan fingerprint density at radius 1 is 0.962 bits per heavy atom. The molecule has 0 spiro atoms. The van der Waals surface area contributed by atoms with E-state index in [2.05, 4.69) is 33.9 Å². The third-order valence-corrected chi connectivity index (χ3v) is 3.58. The van der Waals surface area contributed by atoms with Crippen LogP contribution in [0, 0.1) is 0 Å². The molecule has 2 aromatic rings. The van der Waals surface area contributed by atoms with Crippen molar-refractivity contribution in [2.24, 2.45) is 9.98 Å². The van der Waals surface area contributed by atoms with Crippen LogP contribution in [0.4, 0.5) is 11.4 Å². The van der Waals surface area contributed by atoms with Crippen LogP contribution in [-0.4, -0.2) is 54.1 Å². The quantitative estimate of drug-likeness (QED) is 0.495. The maximum atomic E-state index is 4.89. The zero-order valence-electron chi connectivity index (χ0n) is 14.3. The molecule has 2 heterocycles. The van der Waals surface area contributed by atoms with E-state index in [1.807, 2.05) is 42.5 Å². The van der Waals surface area contributed by atoms with Gasteiger partial charge in [-0.15, -0.1) is 0 Å². The van der Waals surface area contributed by atoms with Crippen LogP contribution >= 0.6 is 30.3 Å². The number of hydrogen-bond acceptors (Lipinski definition) is 3. The minimum atomic E-state index is -1.33. The van der Waals surface area contributed by atoms with Gasteiger partial charge in [0.25, 0.3) is 0 Å². The van der Waals surface area contributed by atoms with E-state index >= 15 is 0 Å². The molecule has 0 amide bonds. The van der Waals surface area contributed by atoms with Gasteiger partial charge in [-0.25, -0.2) is 4.99 Å². The molecule has 1 aromatic carbocycles. The normalized spacial score (nSPS) is 14.3. The molecular weight excluding hydrogens is 436 g/mol. The first kappa shape index (κ1) is 21.0. The number of hydrogen-bond donors (Lipinski definition) is 0. The summed E-state index contributed by atoms with van der Waals surface area (Å²) in [6.45, 7) is 1.99. The summed E-state index contributed by atoms with van der Waals surface area (Å²) in [5, 5.41) is 0. The zero-order chi connectivity index (χ0) is 18.9. The molecule has 0 unspecified atom stereocenters. The summed E-state index contributed by atoms with van der Waals surface area (Å²) < 4.78 is 0. The first-order valence-electron chi connectivity index (χ1n) is 7.69. The molecule has 0 radical (unpaired) electrons. The van der Waals surface area contributed by atoms with E-state index in [4.69, 9.17) is 35.3 Å². The van der Waals surface area contributed by atoms with Crippen LogP contribution in [0.3, 0.4) is 0 Å². The number of rotatable bonds is 3. The summed E-state index contributed by atoms with van der Waals surface area (Å²) in [5.41, 5.74) is 2.54. The van der Waals surface area contributed by atoms with Crippen molar-refractivity contribution in [3.8, 4) is 0 Å². The van der Waals surface area contributed by atoms with Crippen LogP contribution < -0.4 is 0 Å². The number of likely N-dealkylation sites (N-methyl/N-ethyl adjacent to an activating group) is 2. The van der Waals surface area contributed by atoms with Crippen LogP contribution in [-0.2, 0) is 11.2 Å². The van der Waals surface area contributed by atoms with Gasteiger partial charge in [0, 0.05) is 33.4 Å². The summed E-state index contributed by atoms with van der Waals surface area (Å²) in [6.07, 6.45) is 3.52. The van der Waals surface area contributed by atoms with Gasteiger partial charge in [0.1, 0.15) is 0 Å². The van der Waals surface area contributed by atoms with E-state index in [-0.39, 0.29) is 0 Å². The molecule has 0 aliphatic carbocycles. The van der Waals surface area contributed by atoms with Crippen LogP contribution in [0.15, 0.2) is 58.6 Å². The van der Waals surface area contributed by atoms with Gasteiger partial charge in [-0.1, -0.05) is 18.2 Å². The molecule has 5 nitrogen and oxygen atoms in total. The molecule has 1 saturated heterocycles. The molecule has 0 bridgehead atoms. The third kappa shape index (κ3) is 6.78. The first-order chi connectivity index (χ1) is 12.5. The number of pyridine rings is 1. The fourth-order valence-electron chi connectivity index (χ4n) is 2.33. The van der Waals surface area contributed by atoms with E-state index in [1.54, 1.807) is 12.4 Å². The van der Waals surface area contributed by atoms with Crippen molar-refractivity contribution in [1.82, 2.24) is 14.8 Å². The second-order valence-corrected chi connectivity index (χ2v) is 10.9. The number of nitrogens with zero attached hydrogens (tertiary/aromatic N) is 5. The number of guanidine groups is 1. The second kappa shape index (κ2) is 10.8. The van der Waals surface area contributed by atoms with Crippen molar-refractivity contribution in [2.45, 2.75) is 0 Å². The molecule has 3 rings (SSSR count). The molecule has 26 heavy (non-hydrogen) atoms. The van der Waals surface area contributed by atoms with E-state index in [0.29, 0.717) is 0 Å². The Bertz CT molecular complexity index is 740. The molecular formula is C17H19Cl3FeN5. The molecule has 0 saturated carbocycles. The van der Waals surface area contributed by atoms with Gasteiger partial charge in [-0.2, -0.15) is 0 Å². The Balaban J connectivity index is 0.000000552. The van der Waals surface area contributed by atoms with Gasteiger partial charge >= 0.3 is 41.5 Å². The van der Waals surface area contributed by atoms with Gasteiger partial charge in [-0.05, 0) is 24.3 Å². The molecule has 9 heteroatoms. The standard InChI is InChI=1S/C17H19N5.3ClH.Fe/c1-21-11-12-22(2)17(21)20-16-9-4-3-8-15(16)19-13-14-7-5-6-10-18-14;;;;/h3-10,13H,11-12H2,1-2H3;3*1H;/q;;;;+3/p-3. The van der Waals surface area contributed by atoms with E-state index in [9.17, 15) is 0 Å². The fourth-order valence-corrected chi connectivity index (χ4v) is 2.33. The summed E-state index contributed by atoms with van der Waals surface area (Å²) in [4.78, 5) is 17.9. The van der Waals surface area contributed by atoms with Crippen molar-refractivity contribution in [3.05, 3.63) is 54.4 Å². The van der Waals surface area contributed by atoms with Crippen molar-refractivity contribution in [1.29, 1.82) is 0 Å². The van der Waals surface area contributed by atoms with E-state index < -0.39 is 11.2 Å². The summed E-state index contributed by atoms with van der Waals surface area (Å²) in [7, 11) is 18.8.